The third-order valence-electron chi connectivity index (χ3n) is 2.56. The van der Waals surface area contributed by atoms with Crippen LogP contribution in [-0.2, 0) is 15.0 Å². The Morgan fingerprint density at radius 2 is 1.76 bits per heavy atom. The fraction of sp³-hybridized carbons (Fsp3) is 0.429. The first-order chi connectivity index (χ1) is 7.83. The Balaban J connectivity index is 3.11. The summed E-state index contributed by atoms with van der Waals surface area (Å²) in [5, 5.41) is 0. The molecule has 0 amide bonds. The van der Waals surface area contributed by atoms with Gasteiger partial charge in [0.1, 0.15) is 11.5 Å². The van der Waals surface area contributed by atoms with E-state index in [2.05, 4.69) is 0 Å². The van der Waals surface area contributed by atoms with Gasteiger partial charge in [0.15, 0.2) is 0 Å². The number of hydrogen-bond acceptors (Lipinski definition) is 3. The first-order valence-corrected chi connectivity index (χ1v) is 5.60. The number of carbonyl (C=O) groups is 2. The number of hydrogen-bond donors (Lipinski definition) is 0. The van der Waals surface area contributed by atoms with Gasteiger partial charge in [-0.25, -0.2) is 0 Å². The number of carbonyl (C=O) groups excluding carboxylic acids is 2. The molecule has 1 aromatic rings. The Morgan fingerprint density at radius 3 is 2.29 bits per heavy atom. The Bertz CT molecular complexity index is 433. The summed E-state index contributed by atoms with van der Waals surface area (Å²) in [5.74, 6) is 0.301. The molecular weight excluding hydrogens is 216 g/mol. The molecule has 0 aliphatic heterocycles. The van der Waals surface area contributed by atoms with Crippen LogP contribution in [0.1, 0.15) is 39.7 Å². The highest BCUT2D eigenvalue weighted by Crippen LogP contribution is 2.34. The number of para-hydroxylation sites is 1. The van der Waals surface area contributed by atoms with Gasteiger partial charge in [0.25, 0.3) is 0 Å². The zero-order chi connectivity index (χ0) is 13.1. The number of esters is 1. The largest absolute Gasteiger partial charge is 0.426 e. The maximum Gasteiger partial charge on any atom is 0.308 e. The molecule has 0 unspecified atom stereocenters. The van der Waals surface area contributed by atoms with E-state index < -0.39 is 0 Å². The Morgan fingerprint density at radius 1 is 1.18 bits per heavy atom. The van der Waals surface area contributed by atoms with Crippen molar-refractivity contribution in [2.75, 3.05) is 0 Å². The Kier molecular flexibility index (Phi) is 4.05. The molecule has 0 aliphatic rings. The minimum atomic E-state index is -0.351. The van der Waals surface area contributed by atoms with Crippen LogP contribution in [0.2, 0.25) is 0 Å². The van der Waals surface area contributed by atoms with Gasteiger partial charge in [0.05, 0.1) is 0 Å². The van der Waals surface area contributed by atoms with Gasteiger partial charge in [0, 0.05) is 24.3 Å². The van der Waals surface area contributed by atoms with Gasteiger partial charge >= 0.3 is 5.97 Å². The van der Waals surface area contributed by atoms with Crippen LogP contribution in [0.3, 0.4) is 0 Å². The Hall–Kier alpha value is -1.64. The zero-order valence-corrected chi connectivity index (χ0v) is 10.7. The summed E-state index contributed by atoms with van der Waals surface area (Å²) >= 11 is 0. The van der Waals surface area contributed by atoms with Crippen molar-refractivity contribution in [1.29, 1.82) is 0 Å². The molecule has 0 radical (unpaired) electrons. The molecule has 0 saturated heterocycles. The summed E-state index contributed by atoms with van der Waals surface area (Å²) in [6.45, 7) is 6.87. The molecule has 0 spiro atoms. The first kappa shape index (κ1) is 13.4. The van der Waals surface area contributed by atoms with Gasteiger partial charge < -0.3 is 4.74 Å². The second-order valence-corrected chi connectivity index (χ2v) is 4.85. The van der Waals surface area contributed by atoms with Gasteiger partial charge in [-0.15, -0.1) is 0 Å². The molecule has 1 aromatic carbocycles. The van der Waals surface area contributed by atoms with E-state index in [4.69, 9.17) is 4.74 Å². The second kappa shape index (κ2) is 5.13. The maximum atomic E-state index is 11.3. The lowest BCUT2D eigenvalue weighted by Crippen LogP contribution is -2.22. The fourth-order valence-electron chi connectivity index (χ4n) is 1.99. The molecular formula is C14H18O3. The zero-order valence-electron chi connectivity index (χ0n) is 10.7. The minimum absolute atomic E-state index is 0.118. The first-order valence-electron chi connectivity index (χ1n) is 5.60. The van der Waals surface area contributed by atoms with E-state index in [0.29, 0.717) is 12.2 Å². The van der Waals surface area contributed by atoms with E-state index in [1.165, 1.54) is 6.92 Å². The summed E-state index contributed by atoms with van der Waals surface area (Å²) in [4.78, 5) is 22.3. The molecule has 0 heterocycles. The molecule has 0 fully saturated rings. The average Bonchev–Trinajstić information content (AvgIpc) is 2.15. The number of Topliss-reactive ketones (excluding diaryl/α,β-unsaturated/α-hetero) is 1. The average molecular weight is 234 g/mol. The summed E-state index contributed by atoms with van der Waals surface area (Å²) in [5.41, 5.74) is 0.545. The molecule has 0 saturated carbocycles. The highest BCUT2D eigenvalue weighted by Gasteiger charge is 2.26. The smallest absolute Gasteiger partial charge is 0.308 e. The van der Waals surface area contributed by atoms with Crippen LogP contribution in [0.25, 0.3) is 0 Å². The lowest BCUT2D eigenvalue weighted by molar-refractivity contribution is -0.131. The summed E-state index contributed by atoms with van der Waals surface area (Å²) < 4.78 is 5.16. The molecule has 0 aliphatic carbocycles. The molecule has 1 rings (SSSR count). The van der Waals surface area contributed by atoms with E-state index in [1.807, 2.05) is 32.0 Å². The highest BCUT2D eigenvalue weighted by atomic mass is 16.5. The molecule has 92 valence electrons. The van der Waals surface area contributed by atoms with Gasteiger partial charge in [0.2, 0.25) is 0 Å². The minimum Gasteiger partial charge on any atom is -0.426 e. The molecule has 0 N–H and O–H groups in total. The standard InChI is InChI=1S/C14H18O3/c1-10(15)9-14(3,4)12-7-5-6-8-13(12)17-11(2)16/h5-8H,9H2,1-4H3. The second-order valence-electron chi connectivity index (χ2n) is 4.85. The number of ether oxygens (including phenoxy) is 1. The van der Waals surface area contributed by atoms with E-state index >= 15 is 0 Å². The van der Waals surface area contributed by atoms with Gasteiger partial charge in [-0.3, -0.25) is 9.59 Å². The SMILES string of the molecule is CC(=O)CC(C)(C)c1ccccc1OC(C)=O. The van der Waals surface area contributed by atoms with Crippen molar-refractivity contribution in [3.05, 3.63) is 29.8 Å². The van der Waals surface area contributed by atoms with E-state index in [0.717, 1.165) is 5.56 Å². The monoisotopic (exact) mass is 234 g/mol. The maximum absolute atomic E-state index is 11.3. The van der Waals surface area contributed by atoms with Crippen LogP contribution in [0, 0.1) is 0 Å². The lowest BCUT2D eigenvalue weighted by atomic mass is 9.80. The van der Waals surface area contributed by atoms with Crippen LogP contribution in [0.15, 0.2) is 24.3 Å². The van der Waals surface area contributed by atoms with Crippen molar-refractivity contribution >= 4 is 11.8 Å². The lowest BCUT2D eigenvalue weighted by Gasteiger charge is -2.25. The number of ketones is 1. The molecule has 17 heavy (non-hydrogen) atoms. The summed E-state index contributed by atoms with van der Waals surface area (Å²) in [6.07, 6.45) is 0.422. The van der Waals surface area contributed by atoms with Crippen molar-refractivity contribution in [2.24, 2.45) is 0 Å². The topological polar surface area (TPSA) is 43.4 Å². The van der Waals surface area contributed by atoms with E-state index in [1.54, 1.807) is 13.0 Å². The van der Waals surface area contributed by atoms with Gasteiger partial charge in [-0.2, -0.15) is 0 Å². The predicted molar refractivity (Wildman–Crippen MR) is 66.1 cm³/mol. The van der Waals surface area contributed by atoms with Crippen molar-refractivity contribution in [1.82, 2.24) is 0 Å². The van der Waals surface area contributed by atoms with Gasteiger partial charge in [-0.05, 0) is 13.0 Å². The number of rotatable bonds is 4. The number of benzene rings is 1. The fourth-order valence-corrected chi connectivity index (χ4v) is 1.99. The third-order valence-corrected chi connectivity index (χ3v) is 2.56. The van der Waals surface area contributed by atoms with Crippen molar-refractivity contribution < 1.29 is 14.3 Å². The molecule has 0 aromatic heterocycles. The summed E-state index contributed by atoms with van der Waals surface area (Å²) in [6, 6.07) is 7.33. The van der Waals surface area contributed by atoms with E-state index in [9.17, 15) is 9.59 Å². The van der Waals surface area contributed by atoms with Crippen LogP contribution >= 0.6 is 0 Å². The van der Waals surface area contributed by atoms with Gasteiger partial charge in [-0.1, -0.05) is 32.0 Å². The quantitative estimate of drug-likeness (QED) is 0.594. The van der Waals surface area contributed by atoms with Crippen molar-refractivity contribution in [3.8, 4) is 5.75 Å². The highest BCUT2D eigenvalue weighted by molar-refractivity contribution is 5.77. The third kappa shape index (κ3) is 3.70. The summed E-state index contributed by atoms with van der Waals surface area (Å²) in [7, 11) is 0. The predicted octanol–water partition coefficient (Wildman–Crippen LogP) is 2.87. The van der Waals surface area contributed by atoms with Crippen LogP contribution in [-0.4, -0.2) is 11.8 Å². The van der Waals surface area contributed by atoms with Crippen LogP contribution in [0.4, 0.5) is 0 Å². The van der Waals surface area contributed by atoms with Crippen LogP contribution < -0.4 is 4.74 Å². The van der Waals surface area contributed by atoms with Crippen molar-refractivity contribution in [2.45, 2.75) is 39.5 Å². The van der Waals surface area contributed by atoms with E-state index in [-0.39, 0.29) is 17.2 Å². The molecule has 3 nitrogen and oxygen atoms in total. The van der Waals surface area contributed by atoms with Crippen molar-refractivity contribution in [3.63, 3.8) is 0 Å². The molecule has 0 atom stereocenters. The molecule has 0 bridgehead atoms. The Labute approximate surface area is 102 Å². The molecule has 3 heteroatoms. The normalized spacial score (nSPS) is 11.1. The van der Waals surface area contributed by atoms with Crippen LogP contribution in [0.5, 0.6) is 5.75 Å².